The summed E-state index contributed by atoms with van der Waals surface area (Å²) in [5.74, 6) is -3.49. The number of fused-ring (bicyclic) bond motifs is 1. The lowest BCUT2D eigenvalue weighted by molar-refractivity contribution is -0.127. The Balaban J connectivity index is 1.82. The van der Waals surface area contributed by atoms with Gasteiger partial charge in [-0.05, 0) is 32.4 Å². The molecule has 0 saturated carbocycles. The third kappa shape index (κ3) is 4.58. The van der Waals surface area contributed by atoms with E-state index in [0.717, 1.165) is 12.1 Å². The third-order valence-corrected chi connectivity index (χ3v) is 5.13. The van der Waals surface area contributed by atoms with E-state index in [-0.39, 0.29) is 5.56 Å². The Morgan fingerprint density at radius 3 is 2.69 bits per heavy atom. The van der Waals surface area contributed by atoms with Crippen LogP contribution in [0.3, 0.4) is 0 Å². The third-order valence-electron chi connectivity index (χ3n) is 5.13. The van der Waals surface area contributed by atoms with E-state index in [4.69, 9.17) is 0 Å². The van der Waals surface area contributed by atoms with E-state index in [1.54, 1.807) is 0 Å². The second-order valence-corrected chi connectivity index (χ2v) is 7.18. The minimum atomic E-state index is -4.78. The highest BCUT2D eigenvalue weighted by Gasteiger charge is 2.49. The van der Waals surface area contributed by atoms with E-state index in [1.165, 1.54) is 6.92 Å². The van der Waals surface area contributed by atoms with Crippen LogP contribution < -0.4 is 16.0 Å². The highest BCUT2D eigenvalue weighted by atomic mass is 19.4. The van der Waals surface area contributed by atoms with Gasteiger partial charge in [0, 0.05) is 23.2 Å². The second kappa shape index (κ2) is 8.10. The summed E-state index contributed by atoms with van der Waals surface area (Å²) in [5, 5.41) is 7.67. The molecular formula is C19H20F5N3O2. The van der Waals surface area contributed by atoms with Crippen molar-refractivity contribution in [1.29, 1.82) is 0 Å². The molecule has 3 rings (SSSR count). The molecule has 2 aliphatic rings. The van der Waals surface area contributed by atoms with Crippen molar-refractivity contribution in [2.24, 2.45) is 0 Å². The molecule has 2 unspecified atom stereocenters. The molecule has 2 amide bonds. The Morgan fingerprint density at radius 2 is 2.03 bits per heavy atom. The molecule has 5 nitrogen and oxygen atoms in total. The number of alkyl halides is 3. The van der Waals surface area contributed by atoms with Crippen LogP contribution in [0.4, 0.5) is 22.0 Å². The van der Waals surface area contributed by atoms with Crippen molar-refractivity contribution in [3.05, 3.63) is 46.5 Å². The molecule has 1 aromatic rings. The van der Waals surface area contributed by atoms with Gasteiger partial charge in [-0.25, -0.2) is 8.78 Å². The summed E-state index contributed by atoms with van der Waals surface area (Å²) in [6.45, 7) is 1.78. The molecule has 3 N–H and O–H groups in total. The number of piperidine rings is 1. The number of benzene rings is 1. The van der Waals surface area contributed by atoms with Crippen molar-refractivity contribution in [2.75, 3.05) is 6.54 Å². The number of carbonyl (C=O) groups excluding carboxylic acids is 2. The van der Waals surface area contributed by atoms with E-state index in [1.807, 2.05) is 0 Å². The van der Waals surface area contributed by atoms with Crippen LogP contribution in [0.25, 0.3) is 0 Å². The van der Waals surface area contributed by atoms with Gasteiger partial charge < -0.3 is 16.0 Å². The first-order chi connectivity index (χ1) is 13.6. The average Bonchev–Trinajstić information content (AvgIpc) is 2.60. The summed E-state index contributed by atoms with van der Waals surface area (Å²) in [6, 6.07) is 0.0638. The monoisotopic (exact) mass is 417 g/mol. The molecule has 0 aliphatic carbocycles. The quantitative estimate of drug-likeness (QED) is 0.660. The van der Waals surface area contributed by atoms with Crippen LogP contribution in [-0.4, -0.2) is 36.6 Å². The van der Waals surface area contributed by atoms with Gasteiger partial charge in [-0.2, -0.15) is 13.2 Å². The van der Waals surface area contributed by atoms with Crippen LogP contribution in [0.1, 0.15) is 37.8 Å². The number of hydrogen-bond donors (Lipinski definition) is 3. The molecule has 1 fully saturated rings. The Labute approximate surface area is 163 Å². The van der Waals surface area contributed by atoms with Crippen LogP contribution in [0, 0.1) is 11.6 Å². The zero-order valence-corrected chi connectivity index (χ0v) is 15.5. The lowest BCUT2D eigenvalue weighted by Crippen LogP contribution is -2.60. The average molecular weight is 417 g/mol. The Kier molecular flexibility index (Phi) is 5.92. The molecule has 158 valence electrons. The highest BCUT2D eigenvalue weighted by molar-refractivity contribution is 6.01. The maximum atomic E-state index is 13.9. The van der Waals surface area contributed by atoms with Crippen molar-refractivity contribution in [3.63, 3.8) is 0 Å². The first-order valence-corrected chi connectivity index (χ1v) is 9.16. The van der Waals surface area contributed by atoms with E-state index in [9.17, 15) is 31.5 Å². The molecule has 1 aromatic carbocycles. The molecule has 0 aromatic heterocycles. The maximum absolute atomic E-state index is 13.9. The number of carbonyl (C=O) groups is 2. The van der Waals surface area contributed by atoms with Crippen LogP contribution in [0.5, 0.6) is 0 Å². The number of rotatable bonds is 4. The summed E-state index contributed by atoms with van der Waals surface area (Å²) in [4.78, 5) is 24.7. The van der Waals surface area contributed by atoms with Gasteiger partial charge in [-0.1, -0.05) is 6.07 Å². The van der Waals surface area contributed by atoms with Crippen molar-refractivity contribution in [2.45, 2.75) is 50.5 Å². The molecule has 0 spiro atoms. The number of amides is 2. The molecule has 0 radical (unpaired) electrons. The smallest absolute Gasteiger partial charge is 0.349 e. The van der Waals surface area contributed by atoms with Gasteiger partial charge in [0.05, 0.1) is 24.1 Å². The van der Waals surface area contributed by atoms with Crippen molar-refractivity contribution < 1.29 is 31.5 Å². The highest BCUT2D eigenvalue weighted by Crippen LogP contribution is 2.37. The van der Waals surface area contributed by atoms with E-state index >= 15 is 0 Å². The van der Waals surface area contributed by atoms with Gasteiger partial charge in [0.1, 0.15) is 11.6 Å². The van der Waals surface area contributed by atoms with Crippen LogP contribution >= 0.6 is 0 Å². The molecular weight excluding hydrogens is 397 g/mol. The fourth-order valence-electron chi connectivity index (χ4n) is 3.82. The van der Waals surface area contributed by atoms with Gasteiger partial charge in [0.2, 0.25) is 11.8 Å². The van der Waals surface area contributed by atoms with Gasteiger partial charge >= 0.3 is 6.18 Å². The number of hydrogen-bond acceptors (Lipinski definition) is 3. The summed E-state index contributed by atoms with van der Waals surface area (Å²) in [7, 11) is 0. The molecule has 1 saturated heterocycles. The lowest BCUT2D eigenvalue weighted by Gasteiger charge is -2.40. The van der Waals surface area contributed by atoms with Crippen molar-refractivity contribution in [1.82, 2.24) is 16.0 Å². The maximum Gasteiger partial charge on any atom is 0.414 e. The summed E-state index contributed by atoms with van der Waals surface area (Å²) in [6.07, 6.45) is -4.56. The summed E-state index contributed by atoms with van der Waals surface area (Å²) in [5.41, 5.74) is -1.72. The summed E-state index contributed by atoms with van der Waals surface area (Å²) < 4.78 is 68.0. The van der Waals surface area contributed by atoms with Crippen LogP contribution in [0.2, 0.25) is 0 Å². The van der Waals surface area contributed by atoms with Crippen LogP contribution in [-0.2, 0) is 9.59 Å². The zero-order chi connectivity index (χ0) is 21.3. The predicted molar refractivity (Wildman–Crippen MR) is 93.6 cm³/mol. The fraction of sp³-hybridized carbons (Fsp3) is 0.474. The molecule has 3 atom stereocenters. The SMILES string of the molecule is C[C@H](NC(=O)CC1=C(C(F)(F)F)C2NCCCC2NC1=O)c1ccc(F)cc1F. The lowest BCUT2D eigenvalue weighted by atomic mass is 9.84. The Hall–Kier alpha value is -2.49. The Morgan fingerprint density at radius 1 is 1.31 bits per heavy atom. The second-order valence-electron chi connectivity index (χ2n) is 7.18. The first-order valence-electron chi connectivity index (χ1n) is 9.16. The molecule has 0 bridgehead atoms. The predicted octanol–water partition coefficient (Wildman–Crippen LogP) is 2.64. The van der Waals surface area contributed by atoms with Crippen molar-refractivity contribution >= 4 is 11.8 Å². The topological polar surface area (TPSA) is 70.2 Å². The van der Waals surface area contributed by atoms with Gasteiger partial charge in [0.25, 0.3) is 0 Å². The largest absolute Gasteiger partial charge is 0.414 e. The van der Waals surface area contributed by atoms with Crippen molar-refractivity contribution in [3.8, 4) is 0 Å². The standard InChI is InChI=1S/C19H20F5N3O2/c1-9(11-5-4-10(20)7-13(11)21)26-15(28)8-12-16(19(22,23)24)17-14(27-18(12)29)3-2-6-25-17/h4-5,7,9,14,17,25H,2-3,6,8H2,1H3,(H,26,28)(H,27,29)/t9-,14?,17?/m0/s1. The fourth-order valence-corrected chi connectivity index (χ4v) is 3.82. The van der Waals surface area contributed by atoms with Crippen LogP contribution in [0.15, 0.2) is 29.3 Å². The number of halogens is 5. The molecule has 2 heterocycles. The number of nitrogens with one attached hydrogen (secondary N) is 3. The normalized spacial score (nSPS) is 23.3. The first kappa shape index (κ1) is 21.2. The van der Waals surface area contributed by atoms with Gasteiger partial charge in [0.15, 0.2) is 0 Å². The van der Waals surface area contributed by atoms with Gasteiger partial charge in [-0.3, -0.25) is 9.59 Å². The molecule has 10 heteroatoms. The summed E-state index contributed by atoms with van der Waals surface area (Å²) >= 11 is 0. The zero-order valence-electron chi connectivity index (χ0n) is 15.5. The molecule has 2 aliphatic heterocycles. The minimum absolute atomic E-state index is 0.0214. The minimum Gasteiger partial charge on any atom is -0.349 e. The van der Waals surface area contributed by atoms with E-state index < -0.39 is 65.3 Å². The van der Waals surface area contributed by atoms with E-state index in [0.29, 0.717) is 25.5 Å². The van der Waals surface area contributed by atoms with Gasteiger partial charge in [-0.15, -0.1) is 0 Å². The molecule has 29 heavy (non-hydrogen) atoms. The van der Waals surface area contributed by atoms with E-state index in [2.05, 4.69) is 16.0 Å². The Bertz CT molecular complexity index is 853.